The van der Waals surface area contributed by atoms with Gasteiger partial charge in [-0.1, -0.05) is 18.7 Å². The molecule has 0 fully saturated rings. The first-order valence-corrected chi connectivity index (χ1v) is 7.13. The molecule has 0 spiro atoms. The average molecular weight is 259 g/mol. The maximum absolute atomic E-state index is 8.75. The van der Waals surface area contributed by atoms with Gasteiger partial charge in [0.2, 0.25) is 0 Å². The lowest BCUT2D eigenvalue weighted by Gasteiger charge is -2.29. The molecule has 1 atom stereocenters. The molecule has 1 heterocycles. The van der Waals surface area contributed by atoms with E-state index in [1.165, 1.54) is 0 Å². The van der Waals surface area contributed by atoms with Gasteiger partial charge in [-0.25, -0.2) is 0 Å². The van der Waals surface area contributed by atoms with E-state index in [2.05, 4.69) is 25.2 Å². The Hall–Kier alpha value is -1.47. The van der Waals surface area contributed by atoms with Gasteiger partial charge in [0.05, 0.1) is 17.2 Å². The van der Waals surface area contributed by atoms with Crippen LogP contribution in [0.5, 0.6) is 0 Å². The Morgan fingerprint density at radius 1 is 1.44 bits per heavy atom. The van der Waals surface area contributed by atoms with Gasteiger partial charge >= 0.3 is 0 Å². The van der Waals surface area contributed by atoms with E-state index >= 15 is 0 Å². The van der Waals surface area contributed by atoms with Crippen molar-refractivity contribution in [2.24, 2.45) is 4.99 Å². The highest BCUT2D eigenvalue weighted by atomic mass is 32.2. The number of aliphatic imine (C=N–C) groups is 1. The van der Waals surface area contributed by atoms with E-state index in [0.29, 0.717) is 5.56 Å². The molecule has 1 N–H and O–H groups in total. The fraction of sp³-hybridized carbons (Fsp3) is 0.429. The number of anilines is 1. The van der Waals surface area contributed by atoms with Crippen molar-refractivity contribution in [3.8, 4) is 6.07 Å². The van der Waals surface area contributed by atoms with Crippen LogP contribution in [0.3, 0.4) is 0 Å². The fourth-order valence-electron chi connectivity index (χ4n) is 1.77. The minimum Gasteiger partial charge on any atom is -0.335 e. The maximum atomic E-state index is 8.75. The molecule has 1 aliphatic heterocycles. The van der Waals surface area contributed by atoms with Gasteiger partial charge in [0.15, 0.2) is 5.17 Å². The van der Waals surface area contributed by atoms with Gasteiger partial charge in [-0.05, 0) is 44.0 Å². The Morgan fingerprint density at radius 2 is 2.17 bits per heavy atom. The normalized spacial score (nSPS) is 23.1. The molecule has 94 valence electrons. The van der Waals surface area contributed by atoms with Crippen LogP contribution in [0.2, 0.25) is 0 Å². The van der Waals surface area contributed by atoms with Gasteiger partial charge in [0.25, 0.3) is 0 Å². The molecule has 0 saturated heterocycles. The molecule has 1 aromatic rings. The lowest BCUT2D eigenvalue weighted by molar-refractivity contribution is 0.443. The molecular weight excluding hydrogens is 242 g/mol. The quantitative estimate of drug-likeness (QED) is 0.882. The van der Waals surface area contributed by atoms with E-state index in [1.54, 1.807) is 11.8 Å². The Labute approximate surface area is 112 Å². The largest absolute Gasteiger partial charge is 0.335 e. The predicted octanol–water partition coefficient (Wildman–Crippen LogP) is 3.63. The zero-order valence-corrected chi connectivity index (χ0v) is 11.5. The van der Waals surface area contributed by atoms with Crippen molar-refractivity contribution in [2.45, 2.75) is 32.2 Å². The van der Waals surface area contributed by atoms with Gasteiger partial charge in [-0.3, -0.25) is 4.99 Å². The first kappa shape index (κ1) is 13.0. The van der Waals surface area contributed by atoms with Crippen molar-refractivity contribution >= 4 is 22.6 Å². The van der Waals surface area contributed by atoms with Crippen LogP contribution in [-0.2, 0) is 0 Å². The highest BCUT2D eigenvalue weighted by Gasteiger charge is 2.25. The summed E-state index contributed by atoms with van der Waals surface area (Å²) in [5.74, 6) is 1.10. The standard InChI is InChI=1S/C14H17N3S/c1-3-14(2)8-9-18-13(17-14)16-12-6-4-11(10-15)5-7-12/h4-7H,3,8-9H2,1-2H3,(H,16,17). The van der Waals surface area contributed by atoms with Gasteiger partial charge in [0.1, 0.15) is 0 Å². The maximum Gasteiger partial charge on any atom is 0.161 e. The van der Waals surface area contributed by atoms with E-state index < -0.39 is 0 Å². The molecule has 3 nitrogen and oxygen atoms in total. The molecule has 1 aromatic carbocycles. The van der Waals surface area contributed by atoms with Crippen LogP contribution in [-0.4, -0.2) is 16.5 Å². The molecular formula is C14H17N3S. The average Bonchev–Trinajstić information content (AvgIpc) is 2.40. The number of nitrogens with one attached hydrogen (secondary N) is 1. The number of rotatable bonds is 2. The van der Waals surface area contributed by atoms with E-state index in [1.807, 2.05) is 24.3 Å². The number of nitriles is 1. The van der Waals surface area contributed by atoms with Gasteiger partial charge < -0.3 is 5.32 Å². The number of hydrogen-bond donors (Lipinski definition) is 1. The monoisotopic (exact) mass is 259 g/mol. The summed E-state index contributed by atoms with van der Waals surface area (Å²) in [6.07, 6.45) is 2.19. The van der Waals surface area contributed by atoms with E-state index in [-0.39, 0.29) is 5.54 Å². The van der Waals surface area contributed by atoms with Crippen LogP contribution in [0.4, 0.5) is 5.69 Å². The summed E-state index contributed by atoms with van der Waals surface area (Å²) >= 11 is 1.76. The van der Waals surface area contributed by atoms with Crippen molar-refractivity contribution in [1.82, 2.24) is 0 Å². The molecule has 18 heavy (non-hydrogen) atoms. The lowest BCUT2D eigenvalue weighted by atomic mass is 9.97. The highest BCUT2D eigenvalue weighted by Crippen LogP contribution is 2.29. The highest BCUT2D eigenvalue weighted by molar-refractivity contribution is 8.14. The zero-order chi connectivity index (χ0) is 13.0. The van der Waals surface area contributed by atoms with Crippen molar-refractivity contribution in [3.05, 3.63) is 29.8 Å². The molecule has 2 rings (SSSR count). The minimum atomic E-state index is 0.0696. The predicted molar refractivity (Wildman–Crippen MR) is 78.0 cm³/mol. The van der Waals surface area contributed by atoms with E-state index in [9.17, 15) is 0 Å². The van der Waals surface area contributed by atoms with Gasteiger partial charge in [-0.15, -0.1) is 0 Å². The van der Waals surface area contributed by atoms with Gasteiger partial charge in [-0.2, -0.15) is 5.26 Å². The van der Waals surface area contributed by atoms with Crippen LogP contribution >= 0.6 is 11.8 Å². The van der Waals surface area contributed by atoms with Gasteiger partial charge in [0, 0.05) is 11.4 Å². The topological polar surface area (TPSA) is 48.2 Å². The lowest BCUT2D eigenvalue weighted by Crippen LogP contribution is -2.29. The Balaban J connectivity index is 2.11. The van der Waals surface area contributed by atoms with E-state index in [4.69, 9.17) is 10.3 Å². The summed E-state index contributed by atoms with van der Waals surface area (Å²) in [6, 6.07) is 9.58. The second-order valence-electron chi connectivity index (χ2n) is 4.68. The smallest absolute Gasteiger partial charge is 0.161 e. The second-order valence-corrected chi connectivity index (χ2v) is 5.76. The SMILES string of the molecule is CCC1(C)CCSC(Nc2ccc(C#N)cc2)=N1. The fourth-order valence-corrected chi connectivity index (χ4v) is 2.98. The summed E-state index contributed by atoms with van der Waals surface area (Å²) in [7, 11) is 0. The number of hydrogen-bond acceptors (Lipinski definition) is 4. The Bertz CT molecular complexity index is 487. The number of thioether (sulfide) groups is 1. The third-order valence-corrected chi connectivity index (χ3v) is 4.15. The third-order valence-electron chi connectivity index (χ3n) is 3.28. The molecule has 0 saturated carbocycles. The first-order valence-electron chi connectivity index (χ1n) is 6.15. The van der Waals surface area contributed by atoms with Crippen molar-refractivity contribution in [3.63, 3.8) is 0 Å². The van der Waals surface area contributed by atoms with Crippen LogP contribution in [0, 0.1) is 11.3 Å². The molecule has 0 amide bonds. The Kier molecular flexibility index (Phi) is 3.93. The molecule has 4 heteroatoms. The van der Waals surface area contributed by atoms with Crippen molar-refractivity contribution in [2.75, 3.05) is 11.1 Å². The number of amidine groups is 1. The Morgan fingerprint density at radius 3 is 2.78 bits per heavy atom. The number of benzene rings is 1. The second kappa shape index (κ2) is 5.45. The summed E-state index contributed by atoms with van der Waals surface area (Å²) < 4.78 is 0. The first-order chi connectivity index (χ1) is 8.65. The molecule has 0 aromatic heterocycles. The molecule has 1 unspecified atom stereocenters. The molecule has 1 aliphatic rings. The van der Waals surface area contributed by atoms with Crippen molar-refractivity contribution < 1.29 is 0 Å². The van der Waals surface area contributed by atoms with Crippen LogP contribution in [0.1, 0.15) is 32.3 Å². The molecule has 0 radical (unpaired) electrons. The van der Waals surface area contributed by atoms with Crippen molar-refractivity contribution in [1.29, 1.82) is 5.26 Å². The number of nitrogens with zero attached hydrogens (tertiary/aromatic N) is 2. The summed E-state index contributed by atoms with van der Waals surface area (Å²) in [6.45, 7) is 4.38. The van der Waals surface area contributed by atoms with E-state index in [0.717, 1.165) is 29.4 Å². The van der Waals surface area contributed by atoms with Crippen LogP contribution in [0.25, 0.3) is 0 Å². The third kappa shape index (κ3) is 3.05. The van der Waals surface area contributed by atoms with Crippen LogP contribution < -0.4 is 5.32 Å². The molecule has 0 bridgehead atoms. The summed E-state index contributed by atoms with van der Waals surface area (Å²) in [5.41, 5.74) is 1.73. The zero-order valence-electron chi connectivity index (χ0n) is 10.7. The summed E-state index contributed by atoms with van der Waals surface area (Å²) in [4.78, 5) is 4.77. The summed E-state index contributed by atoms with van der Waals surface area (Å²) in [5, 5.41) is 13.1. The van der Waals surface area contributed by atoms with Crippen LogP contribution in [0.15, 0.2) is 29.3 Å². The minimum absolute atomic E-state index is 0.0696. The molecule has 0 aliphatic carbocycles.